The van der Waals surface area contributed by atoms with Crippen LogP contribution in [0.15, 0.2) is 36.7 Å². The monoisotopic (exact) mass is 270 g/mol. The average Bonchev–Trinajstić information content (AvgIpc) is 3.20. The van der Waals surface area contributed by atoms with E-state index in [-0.39, 0.29) is 5.91 Å². The third-order valence-electron chi connectivity index (χ3n) is 3.67. The molecule has 1 amide bonds. The number of anilines is 1. The van der Waals surface area contributed by atoms with Gasteiger partial charge in [0.25, 0.3) is 5.91 Å². The Labute approximate surface area is 118 Å². The first-order valence-electron chi connectivity index (χ1n) is 6.78. The largest absolute Gasteiger partial charge is 0.398 e. The number of para-hydroxylation sites is 1. The number of hydrogen-bond donors (Lipinski definition) is 1. The maximum absolute atomic E-state index is 12.7. The molecule has 1 saturated carbocycles. The molecule has 20 heavy (non-hydrogen) atoms. The number of benzene rings is 1. The van der Waals surface area contributed by atoms with Crippen molar-refractivity contribution in [1.82, 2.24) is 14.5 Å². The summed E-state index contributed by atoms with van der Waals surface area (Å²) in [6.07, 6.45) is 5.76. The van der Waals surface area contributed by atoms with Gasteiger partial charge in [0, 0.05) is 31.2 Å². The topological polar surface area (TPSA) is 64.2 Å². The lowest BCUT2D eigenvalue weighted by Crippen LogP contribution is -2.34. The molecular formula is C15H18N4O. The molecule has 0 spiro atoms. The van der Waals surface area contributed by atoms with Crippen LogP contribution in [-0.2, 0) is 13.6 Å². The minimum absolute atomic E-state index is 0.00593. The summed E-state index contributed by atoms with van der Waals surface area (Å²) < 4.78 is 1.94. The molecule has 1 fully saturated rings. The third kappa shape index (κ3) is 2.39. The van der Waals surface area contributed by atoms with Crippen LogP contribution in [-0.4, -0.2) is 26.4 Å². The number of carbonyl (C=O) groups is 1. The van der Waals surface area contributed by atoms with Gasteiger partial charge in [0.2, 0.25) is 0 Å². The molecular weight excluding hydrogens is 252 g/mol. The Morgan fingerprint density at radius 3 is 2.80 bits per heavy atom. The van der Waals surface area contributed by atoms with Crippen molar-refractivity contribution >= 4 is 11.6 Å². The molecule has 0 saturated heterocycles. The number of nitrogen functional groups attached to an aromatic ring is 1. The summed E-state index contributed by atoms with van der Waals surface area (Å²) in [7, 11) is 1.94. The minimum Gasteiger partial charge on any atom is -0.398 e. The summed E-state index contributed by atoms with van der Waals surface area (Å²) in [5.41, 5.74) is 7.02. The van der Waals surface area contributed by atoms with Crippen molar-refractivity contribution < 1.29 is 4.79 Å². The standard InChI is InChI=1S/C15H18N4O/c1-18-9-8-17-14(18)10-19(11-6-7-11)15(20)12-4-2-3-5-13(12)16/h2-5,8-9,11H,6-7,10,16H2,1H3. The van der Waals surface area contributed by atoms with E-state index in [0.717, 1.165) is 18.7 Å². The highest BCUT2D eigenvalue weighted by atomic mass is 16.2. The van der Waals surface area contributed by atoms with Crippen LogP contribution in [0.1, 0.15) is 29.0 Å². The SMILES string of the molecule is Cn1ccnc1CN(C(=O)c1ccccc1N)C1CC1. The predicted molar refractivity (Wildman–Crippen MR) is 77.0 cm³/mol. The molecule has 1 heterocycles. The van der Waals surface area contributed by atoms with Gasteiger partial charge in [-0.3, -0.25) is 4.79 Å². The number of rotatable bonds is 4. The highest BCUT2D eigenvalue weighted by molar-refractivity contribution is 5.99. The normalized spacial score (nSPS) is 14.2. The molecule has 2 N–H and O–H groups in total. The van der Waals surface area contributed by atoms with Crippen molar-refractivity contribution in [2.24, 2.45) is 7.05 Å². The lowest BCUT2D eigenvalue weighted by Gasteiger charge is -2.22. The second kappa shape index (κ2) is 5.00. The van der Waals surface area contributed by atoms with E-state index in [2.05, 4.69) is 4.98 Å². The molecule has 0 radical (unpaired) electrons. The second-order valence-corrected chi connectivity index (χ2v) is 5.21. The van der Waals surface area contributed by atoms with Gasteiger partial charge >= 0.3 is 0 Å². The second-order valence-electron chi connectivity index (χ2n) is 5.21. The molecule has 1 aromatic heterocycles. The number of nitrogens with two attached hydrogens (primary N) is 1. The van der Waals surface area contributed by atoms with Crippen LogP contribution >= 0.6 is 0 Å². The molecule has 5 heteroatoms. The van der Waals surface area contributed by atoms with Gasteiger partial charge in [-0.05, 0) is 25.0 Å². The summed E-state index contributed by atoms with van der Waals surface area (Å²) in [5.74, 6) is 0.883. The number of carbonyl (C=O) groups excluding carboxylic acids is 1. The van der Waals surface area contributed by atoms with Crippen molar-refractivity contribution in [1.29, 1.82) is 0 Å². The molecule has 0 atom stereocenters. The van der Waals surface area contributed by atoms with E-state index in [1.165, 1.54) is 0 Å². The molecule has 104 valence electrons. The fourth-order valence-corrected chi connectivity index (χ4v) is 2.30. The molecule has 0 unspecified atom stereocenters. The van der Waals surface area contributed by atoms with E-state index in [1.54, 1.807) is 18.3 Å². The maximum Gasteiger partial charge on any atom is 0.256 e. The van der Waals surface area contributed by atoms with Crippen LogP contribution in [0.4, 0.5) is 5.69 Å². The first kappa shape index (κ1) is 12.7. The first-order chi connectivity index (χ1) is 9.66. The molecule has 1 aromatic carbocycles. The number of aromatic nitrogens is 2. The van der Waals surface area contributed by atoms with Gasteiger partial charge in [0.05, 0.1) is 12.1 Å². The fourth-order valence-electron chi connectivity index (χ4n) is 2.30. The van der Waals surface area contributed by atoms with Crippen molar-refractivity contribution in [2.45, 2.75) is 25.4 Å². The summed E-state index contributed by atoms with van der Waals surface area (Å²) in [6.45, 7) is 0.529. The van der Waals surface area contributed by atoms with Crippen LogP contribution < -0.4 is 5.73 Å². The summed E-state index contributed by atoms with van der Waals surface area (Å²) in [6, 6.07) is 7.55. The number of nitrogens with zero attached hydrogens (tertiary/aromatic N) is 3. The Morgan fingerprint density at radius 2 is 2.20 bits per heavy atom. The Hall–Kier alpha value is -2.30. The van der Waals surface area contributed by atoms with Crippen LogP contribution in [0.25, 0.3) is 0 Å². The molecule has 0 bridgehead atoms. The Balaban J connectivity index is 1.86. The number of aryl methyl sites for hydroxylation is 1. The van der Waals surface area contributed by atoms with Crippen molar-refractivity contribution in [2.75, 3.05) is 5.73 Å². The predicted octanol–water partition coefficient (Wildman–Crippen LogP) is 1.81. The van der Waals surface area contributed by atoms with E-state index in [4.69, 9.17) is 5.73 Å². The third-order valence-corrected chi connectivity index (χ3v) is 3.67. The van der Waals surface area contributed by atoms with E-state index >= 15 is 0 Å². The fraction of sp³-hybridized carbons (Fsp3) is 0.333. The van der Waals surface area contributed by atoms with Crippen LogP contribution in [0.2, 0.25) is 0 Å². The summed E-state index contributed by atoms with van der Waals surface area (Å²) in [5, 5.41) is 0. The zero-order valence-corrected chi connectivity index (χ0v) is 11.5. The van der Waals surface area contributed by atoms with Gasteiger partial charge in [0.1, 0.15) is 5.82 Å². The zero-order chi connectivity index (χ0) is 14.1. The smallest absolute Gasteiger partial charge is 0.256 e. The van der Waals surface area contributed by atoms with Gasteiger partial charge in [-0.15, -0.1) is 0 Å². The molecule has 5 nitrogen and oxygen atoms in total. The highest BCUT2D eigenvalue weighted by Crippen LogP contribution is 2.30. The van der Waals surface area contributed by atoms with Crippen LogP contribution in [0.3, 0.4) is 0 Å². The first-order valence-corrected chi connectivity index (χ1v) is 6.78. The lowest BCUT2D eigenvalue weighted by molar-refractivity contribution is 0.0725. The van der Waals surface area contributed by atoms with E-state index in [9.17, 15) is 4.79 Å². The maximum atomic E-state index is 12.7. The summed E-state index contributed by atoms with van der Waals surface area (Å²) >= 11 is 0. The van der Waals surface area contributed by atoms with Crippen molar-refractivity contribution in [3.8, 4) is 0 Å². The molecule has 0 aliphatic heterocycles. The molecule has 2 aromatic rings. The van der Waals surface area contributed by atoms with Gasteiger partial charge in [-0.25, -0.2) is 4.98 Å². The van der Waals surface area contributed by atoms with Gasteiger partial charge in [-0.1, -0.05) is 12.1 Å². The number of amides is 1. The Kier molecular flexibility index (Phi) is 3.18. The van der Waals surface area contributed by atoms with Gasteiger partial charge < -0.3 is 15.2 Å². The van der Waals surface area contributed by atoms with Gasteiger partial charge in [-0.2, -0.15) is 0 Å². The highest BCUT2D eigenvalue weighted by Gasteiger charge is 2.34. The quantitative estimate of drug-likeness (QED) is 0.862. The Morgan fingerprint density at radius 1 is 1.45 bits per heavy atom. The minimum atomic E-state index is -0.00593. The summed E-state index contributed by atoms with van der Waals surface area (Å²) in [4.78, 5) is 18.9. The average molecular weight is 270 g/mol. The van der Waals surface area contributed by atoms with E-state index < -0.39 is 0 Å². The van der Waals surface area contributed by atoms with Crippen LogP contribution in [0.5, 0.6) is 0 Å². The number of hydrogen-bond acceptors (Lipinski definition) is 3. The molecule has 1 aliphatic rings. The zero-order valence-electron chi connectivity index (χ0n) is 11.5. The molecule has 1 aliphatic carbocycles. The molecule has 3 rings (SSSR count). The van der Waals surface area contributed by atoms with Crippen LogP contribution in [0, 0.1) is 0 Å². The van der Waals surface area contributed by atoms with Crippen molar-refractivity contribution in [3.05, 3.63) is 48.0 Å². The number of imidazole rings is 1. The van der Waals surface area contributed by atoms with Gasteiger partial charge in [0.15, 0.2) is 0 Å². The van der Waals surface area contributed by atoms with E-state index in [0.29, 0.717) is 23.8 Å². The lowest BCUT2D eigenvalue weighted by atomic mass is 10.1. The Bertz CT molecular complexity index is 630. The van der Waals surface area contributed by atoms with E-state index in [1.807, 2.05) is 34.8 Å². The van der Waals surface area contributed by atoms with Crippen molar-refractivity contribution in [3.63, 3.8) is 0 Å².